The van der Waals surface area contributed by atoms with E-state index in [0.717, 1.165) is 19.6 Å². The molecular formula is C13H25N3. The van der Waals surface area contributed by atoms with Crippen molar-refractivity contribution in [1.29, 1.82) is 0 Å². The van der Waals surface area contributed by atoms with Crippen LogP contribution in [0.3, 0.4) is 0 Å². The predicted molar refractivity (Wildman–Crippen MR) is 69.6 cm³/mol. The van der Waals surface area contributed by atoms with Gasteiger partial charge in [-0.25, -0.2) is 0 Å². The number of nitrogens with zero attached hydrogens (tertiary/aromatic N) is 2. The average Bonchev–Trinajstić information content (AvgIpc) is 2.65. The van der Waals surface area contributed by atoms with Crippen LogP contribution in [0, 0.1) is 0 Å². The molecule has 0 aliphatic heterocycles. The predicted octanol–water partition coefficient (Wildman–Crippen LogP) is 1.94. The maximum Gasteiger partial charge on any atom is 0.0271 e. The van der Waals surface area contributed by atoms with Crippen LogP contribution in [0.2, 0.25) is 0 Å². The molecule has 0 bridgehead atoms. The second-order valence-electron chi connectivity index (χ2n) is 5.16. The van der Waals surface area contributed by atoms with E-state index >= 15 is 0 Å². The first kappa shape index (κ1) is 13.3. The molecule has 1 rings (SSSR count). The Bertz CT molecular complexity index is 313. The Morgan fingerprint density at radius 2 is 2.06 bits per heavy atom. The van der Waals surface area contributed by atoms with Gasteiger partial charge in [0.15, 0.2) is 0 Å². The average molecular weight is 223 g/mol. The molecule has 1 heterocycles. The summed E-state index contributed by atoms with van der Waals surface area (Å²) in [4.78, 5) is 2.25. The van der Waals surface area contributed by atoms with E-state index in [1.807, 2.05) is 0 Å². The van der Waals surface area contributed by atoms with Crippen molar-refractivity contribution in [1.82, 2.24) is 14.8 Å². The largest absolute Gasteiger partial charge is 0.354 e. The van der Waals surface area contributed by atoms with Crippen molar-refractivity contribution < 1.29 is 0 Å². The minimum Gasteiger partial charge on any atom is -0.354 e. The number of nitrogens with one attached hydrogen (secondary N) is 1. The van der Waals surface area contributed by atoms with Crippen molar-refractivity contribution in [2.75, 3.05) is 20.6 Å². The Kier molecular flexibility index (Phi) is 4.56. The summed E-state index contributed by atoms with van der Waals surface area (Å²) in [6.45, 7) is 9.64. The molecule has 0 saturated carbocycles. The standard InChI is InChI=1S/C13H25N3/c1-6-16-8-7-12(10-16)9-14-11-13(2,3)15(4)5/h7-8,10,14H,6,9,11H2,1-5H3. The lowest BCUT2D eigenvalue weighted by Gasteiger charge is -2.32. The lowest BCUT2D eigenvalue weighted by Crippen LogP contribution is -2.46. The van der Waals surface area contributed by atoms with E-state index in [4.69, 9.17) is 0 Å². The highest BCUT2D eigenvalue weighted by Gasteiger charge is 2.19. The van der Waals surface area contributed by atoms with Crippen LogP contribution in [0.4, 0.5) is 0 Å². The zero-order valence-electron chi connectivity index (χ0n) is 11.2. The first-order valence-corrected chi connectivity index (χ1v) is 5.98. The second-order valence-corrected chi connectivity index (χ2v) is 5.16. The molecule has 0 aliphatic rings. The van der Waals surface area contributed by atoms with Crippen LogP contribution in [0.5, 0.6) is 0 Å². The van der Waals surface area contributed by atoms with Gasteiger partial charge >= 0.3 is 0 Å². The normalized spacial score (nSPS) is 12.4. The summed E-state index contributed by atoms with van der Waals surface area (Å²) in [7, 11) is 4.24. The summed E-state index contributed by atoms with van der Waals surface area (Å²) < 4.78 is 2.20. The van der Waals surface area contributed by atoms with E-state index in [1.165, 1.54) is 5.56 Å². The van der Waals surface area contributed by atoms with Crippen molar-refractivity contribution in [3.8, 4) is 0 Å². The number of aromatic nitrogens is 1. The van der Waals surface area contributed by atoms with Gasteiger partial charge in [0.25, 0.3) is 0 Å². The summed E-state index contributed by atoms with van der Waals surface area (Å²) in [6.07, 6.45) is 4.34. The molecule has 0 fully saturated rings. The smallest absolute Gasteiger partial charge is 0.0271 e. The van der Waals surface area contributed by atoms with Gasteiger partial charge in [-0.05, 0) is 46.5 Å². The fourth-order valence-corrected chi connectivity index (χ4v) is 1.46. The summed E-state index contributed by atoms with van der Waals surface area (Å²) >= 11 is 0. The third kappa shape index (κ3) is 3.65. The minimum atomic E-state index is 0.202. The maximum absolute atomic E-state index is 3.51. The molecule has 0 aromatic carbocycles. The van der Waals surface area contributed by atoms with Gasteiger partial charge in [-0.2, -0.15) is 0 Å². The Morgan fingerprint density at radius 1 is 1.38 bits per heavy atom. The fraction of sp³-hybridized carbons (Fsp3) is 0.692. The topological polar surface area (TPSA) is 20.2 Å². The van der Waals surface area contributed by atoms with E-state index in [1.54, 1.807) is 0 Å². The van der Waals surface area contributed by atoms with Gasteiger partial charge in [-0.15, -0.1) is 0 Å². The molecule has 92 valence electrons. The molecule has 0 aliphatic carbocycles. The Balaban J connectivity index is 2.35. The van der Waals surface area contributed by atoms with Crippen molar-refractivity contribution in [2.24, 2.45) is 0 Å². The number of rotatable bonds is 6. The SMILES string of the molecule is CCn1ccc(CNCC(C)(C)N(C)C)c1. The molecular weight excluding hydrogens is 198 g/mol. The molecule has 1 aromatic heterocycles. The van der Waals surface area contributed by atoms with Gasteiger partial charge in [0.2, 0.25) is 0 Å². The van der Waals surface area contributed by atoms with Crippen LogP contribution >= 0.6 is 0 Å². The summed E-state index contributed by atoms with van der Waals surface area (Å²) in [5, 5.41) is 3.51. The summed E-state index contributed by atoms with van der Waals surface area (Å²) in [5.74, 6) is 0. The van der Waals surface area contributed by atoms with Crippen molar-refractivity contribution in [2.45, 2.75) is 39.4 Å². The zero-order chi connectivity index (χ0) is 12.2. The fourth-order valence-electron chi connectivity index (χ4n) is 1.46. The first-order chi connectivity index (χ1) is 7.45. The van der Waals surface area contributed by atoms with E-state index < -0.39 is 0 Å². The van der Waals surface area contributed by atoms with E-state index in [0.29, 0.717) is 0 Å². The molecule has 16 heavy (non-hydrogen) atoms. The third-order valence-electron chi connectivity index (χ3n) is 3.27. The summed E-state index contributed by atoms with van der Waals surface area (Å²) in [5.41, 5.74) is 1.56. The van der Waals surface area contributed by atoms with Crippen LogP contribution < -0.4 is 5.32 Å². The lowest BCUT2D eigenvalue weighted by molar-refractivity contribution is 0.190. The molecule has 3 nitrogen and oxygen atoms in total. The highest BCUT2D eigenvalue weighted by Crippen LogP contribution is 2.08. The summed E-state index contributed by atoms with van der Waals surface area (Å²) in [6, 6.07) is 2.18. The highest BCUT2D eigenvalue weighted by atomic mass is 15.2. The van der Waals surface area contributed by atoms with Gasteiger partial charge < -0.3 is 14.8 Å². The number of aryl methyl sites for hydroxylation is 1. The minimum absolute atomic E-state index is 0.202. The first-order valence-electron chi connectivity index (χ1n) is 5.98. The van der Waals surface area contributed by atoms with Gasteiger partial charge in [-0.3, -0.25) is 0 Å². The number of hydrogen-bond donors (Lipinski definition) is 1. The van der Waals surface area contributed by atoms with Crippen LogP contribution in [0.1, 0.15) is 26.3 Å². The van der Waals surface area contributed by atoms with Crippen molar-refractivity contribution in [3.63, 3.8) is 0 Å². The van der Waals surface area contributed by atoms with E-state index in [9.17, 15) is 0 Å². The van der Waals surface area contributed by atoms with Gasteiger partial charge in [0.05, 0.1) is 0 Å². The highest BCUT2D eigenvalue weighted by molar-refractivity contribution is 5.09. The Morgan fingerprint density at radius 3 is 2.56 bits per heavy atom. The molecule has 0 amide bonds. The monoisotopic (exact) mass is 223 g/mol. The van der Waals surface area contributed by atoms with Crippen LogP contribution in [-0.2, 0) is 13.1 Å². The lowest BCUT2D eigenvalue weighted by atomic mass is 10.0. The molecule has 1 N–H and O–H groups in total. The zero-order valence-corrected chi connectivity index (χ0v) is 11.2. The molecule has 0 spiro atoms. The molecule has 1 aromatic rings. The number of hydrogen-bond acceptors (Lipinski definition) is 2. The molecule has 0 radical (unpaired) electrons. The third-order valence-corrected chi connectivity index (χ3v) is 3.27. The molecule has 0 unspecified atom stereocenters. The van der Waals surface area contributed by atoms with Gasteiger partial charge in [0.1, 0.15) is 0 Å². The van der Waals surface area contributed by atoms with Crippen molar-refractivity contribution >= 4 is 0 Å². The molecule has 0 saturated heterocycles. The van der Waals surface area contributed by atoms with E-state index in [-0.39, 0.29) is 5.54 Å². The Hall–Kier alpha value is -0.800. The van der Waals surface area contributed by atoms with Crippen LogP contribution in [0.15, 0.2) is 18.5 Å². The van der Waals surface area contributed by atoms with Gasteiger partial charge in [0, 0.05) is 37.6 Å². The molecule has 3 heteroatoms. The quantitative estimate of drug-likeness (QED) is 0.795. The Labute approximate surface area is 99.4 Å². The maximum atomic E-state index is 3.51. The second kappa shape index (κ2) is 5.51. The van der Waals surface area contributed by atoms with Crippen LogP contribution in [0.25, 0.3) is 0 Å². The van der Waals surface area contributed by atoms with Crippen LogP contribution in [-0.4, -0.2) is 35.6 Å². The van der Waals surface area contributed by atoms with Crippen molar-refractivity contribution in [3.05, 3.63) is 24.0 Å². The van der Waals surface area contributed by atoms with Gasteiger partial charge in [-0.1, -0.05) is 0 Å². The number of likely N-dealkylation sites (N-methyl/N-ethyl adjacent to an activating group) is 1. The van der Waals surface area contributed by atoms with E-state index in [2.05, 4.69) is 68.1 Å². The molecule has 0 atom stereocenters.